The van der Waals surface area contributed by atoms with Crippen LogP contribution in [0.3, 0.4) is 0 Å². The van der Waals surface area contributed by atoms with E-state index in [9.17, 15) is 4.79 Å². The SMILES string of the molecule is CN(C)CCN(C)CC(=O)C1CCCCC1. The summed E-state index contributed by atoms with van der Waals surface area (Å²) in [6.45, 7) is 2.64. The normalized spacial score (nSPS) is 18.3. The number of likely N-dealkylation sites (N-methyl/N-ethyl adjacent to an activating group) is 2. The molecule has 0 unspecified atom stereocenters. The molecule has 0 amide bonds. The van der Waals surface area contributed by atoms with Gasteiger partial charge in [-0.15, -0.1) is 0 Å². The van der Waals surface area contributed by atoms with Crippen LogP contribution in [0, 0.1) is 5.92 Å². The Bertz CT molecular complexity index is 210. The van der Waals surface area contributed by atoms with Crippen molar-refractivity contribution in [3.05, 3.63) is 0 Å². The lowest BCUT2D eigenvalue weighted by Crippen LogP contribution is -2.35. The molecule has 0 heterocycles. The van der Waals surface area contributed by atoms with Gasteiger partial charge in [0.2, 0.25) is 0 Å². The summed E-state index contributed by atoms with van der Waals surface area (Å²) in [5, 5.41) is 0. The average Bonchev–Trinajstić information content (AvgIpc) is 2.27. The molecule has 0 aromatic heterocycles. The molecule has 0 saturated heterocycles. The van der Waals surface area contributed by atoms with E-state index in [2.05, 4.69) is 23.9 Å². The van der Waals surface area contributed by atoms with Crippen LogP contribution in [0.5, 0.6) is 0 Å². The van der Waals surface area contributed by atoms with Crippen molar-refractivity contribution in [3.63, 3.8) is 0 Å². The van der Waals surface area contributed by atoms with Crippen LogP contribution in [0.15, 0.2) is 0 Å². The van der Waals surface area contributed by atoms with Gasteiger partial charge in [0.1, 0.15) is 5.78 Å². The highest BCUT2D eigenvalue weighted by Gasteiger charge is 2.21. The van der Waals surface area contributed by atoms with Gasteiger partial charge in [-0.25, -0.2) is 0 Å². The Hall–Kier alpha value is -0.410. The minimum absolute atomic E-state index is 0.357. The number of hydrogen-bond donors (Lipinski definition) is 0. The van der Waals surface area contributed by atoms with E-state index >= 15 is 0 Å². The Kier molecular flexibility index (Phi) is 5.99. The van der Waals surface area contributed by atoms with E-state index in [0.717, 1.165) is 25.9 Å². The molecule has 1 saturated carbocycles. The van der Waals surface area contributed by atoms with Crippen molar-refractivity contribution >= 4 is 5.78 Å². The van der Waals surface area contributed by atoms with Crippen molar-refractivity contribution in [2.45, 2.75) is 32.1 Å². The third-order valence-corrected chi connectivity index (χ3v) is 3.42. The van der Waals surface area contributed by atoms with Crippen molar-refractivity contribution in [2.75, 3.05) is 40.8 Å². The zero-order valence-electron chi connectivity index (χ0n) is 11.0. The Morgan fingerprint density at radius 2 is 1.69 bits per heavy atom. The quantitative estimate of drug-likeness (QED) is 0.688. The summed E-state index contributed by atoms with van der Waals surface area (Å²) in [5.74, 6) is 0.816. The van der Waals surface area contributed by atoms with Gasteiger partial charge in [-0.3, -0.25) is 9.69 Å². The average molecular weight is 226 g/mol. The molecule has 94 valence electrons. The Morgan fingerprint density at radius 3 is 2.25 bits per heavy atom. The van der Waals surface area contributed by atoms with E-state index in [-0.39, 0.29) is 0 Å². The number of hydrogen-bond acceptors (Lipinski definition) is 3. The number of ketones is 1. The molecule has 0 aromatic rings. The van der Waals surface area contributed by atoms with Gasteiger partial charge < -0.3 is 4.90 Å². The summed E-state index contributed by atoms with van der Waals surface area (Å²) in [4.78, 5) is 16.3. The number of carbonyl (C=O) groups is 1. The maximum Gasteiger partial charge on any atom is 0.149 e. The molecule has 1 aliphatic carbocycles. The molecule has 0 bridgehead atoms. The van der Waals surface area contributed by atoms with Gasteiger partial charge >= 0.3 is 0 Å². The Morgan fingerprint density at radius 1 is 1.06 bits per heavy atom. The van der Waals surface area contributed by atoms with Crippen molar-refractivity contribution in [2.24, 2.45) is 5.92 Å². The molecule has 0 aliphatic heterocycles. The fourth-order valence-electron chi connectivity index (χ4n) is 2.27. The van der Waals surface area contributed by atoms with Crippen LogP contribution in [0.25, 0.3) is 0 Å². The minimum Gasteiger partial charge on any atom is -0.308 e. The van der Waals surface area contributed by atoms with E-state index in [4.69, 9.17) is 0 Å². The number of rotatable bonds is 6. The maximum atomic E-state index is 12.0. The summed E-state index contributed by atoms with van der Waals surface area (Å²) in [7, 11) is 6.18. The largest absolute Gasteiger partial charge is 0.308 e. The molecule has 3 heteroatoms. The zero-order valence-corrected chi connectivity index (χ0v) is 11.0. The maximum absolute atomic E-state index is 12.0. The first-order chi connectivity index (χ1) is 7.59. The van der Waals surface area contributed by atoms with Crippen LogP contribution in [0.2, 0.25) is 0 Å². The van der Waals surface area contributed by atoms with E-state index in [1.54, 1.807) is 0 Å². The first-order valence-corrected chi connectivity index (χ1v) is 6.45. The molecule has 0 N–H and O–H groups in total. The molecule has 0 radical (unpaired) electrons. The van der Waals surface area contributed by atoms with Gasteiger partial charge in [0.25, 0.3) is 0 Å². The Labute approximate surface area is 99.8 Å². The van der Waals surface area contributed by atoms with Gasteiger partial charge in [0.05, 0.1) is 6.54 Å². The lowest BCUT2D eigenvalue weighted by Gasteiger charge is -2.24. The van der Waals surface area contributed by atoms with Crippen LogP contribution >= 0.6 is 0 Å². The molecule has 1 aliphatic rings. The predicted octanol–water partition coefficient (Wildman–Crippen LogP) is 1.63. The first-order valence-electron chi connectivity index (χ1n) is 6.45. The van der Waals surface area contributed by atoms with Crippen molar-refractivity contribution < 1.29 is 4.79 Å². The summed E-state index contributed by atoms with van der Waals surface area (Å²) < 4.78 is 0. The fraction of sp³-hybridized carbons (Fsp3) is 0.923. The summed E-state index contributed by atoms with van der Waals surface area (Å²) in [6.07, 6.45) is 6.07. The third-order valence-electron chi connectivity index (χ3n) is 3.42. The van der Waals surface area contributed by atoms with Crippen molar-refractivity contribution in [1.82, 2.24) is 9.80 Å². The number of carbonyl (C=O) groups excluding carboxylic acids is 1. The fourth-order valence-corrected chi connectivity index (χ4v) is 2.27. The Balaban J connectivity index is 2.21. The molecule has 1 fully saturated rings. The summed E-state index contributed by atoms with van der Waals surface area (Å²) >= 11 is 0. The van der Waals surface area contributed by atoms with E-state index in [1.165, 1.54) is 19.3 Å². The second-order valence-electron chi connectivity index (χ2n) is 5.34. The predicted molar refractivity (Wildman–Crippen MR) is 67.6 cm³/mol. The van der Waals surface area contributed by atoms with Gasteiger partial charge in [-0.2, -0.15) is 0 Å². The molecule has 0 atom stereocenters. The highest BCUT2D eigenvalue weighted by atomic mass is 16.1. The van der Waals surface area contributed by atoms with Crippen LogP contribution in [0.1, 0.15) is 32.1 Å². The molecule has 0 spiro atoms. The van der Waals surface area contributed by atoms with E-state index in [0.29, 0.717) is 18.2 Å². The van der Waals surface area contributed by atoms with Crippen molar-refractivity contribution in [1.29, 1.82) is 0 Å². The summed E-state index contributed by atoms with van der Waals surface area (Å²) in [6, 6.07) is 0. The second-order valence-corrected chi connectivity index (χ2v) is 5.34. The first kappa shape index (κ1) is 13.7. The molecular formula is C13H26N2O. The van der Waals surface area contributed by atoms with Gasteiger partial charge in [-0.1, -0.05) is 19.3 Å². The monoisotopic (exact) mass is 226 g/mol. The van der Waals surface area contributed by atoms with Crippen LogP contribution in [-0.2, 0) is 4.79 Å². The zero-order chi connectivity index (χ0) is 12.0. The highest BCUT2D eigenvalue weighted by Crippen LogP contribution is 2.24. The molecule has 1 rings (SSSR count). The number of nitrogens with zero attached hydrogens (tertiary/aromatic N) is 2. The van der Waals surface area contributed by atoms with Crippen molar-refractivity contribution in [3.8, 4) is 0 Å². The summed E-state index contributed by atoms with van der Waals surface area (Å²) in [5.41, 5.74) is 0. The molecule has 0 aromatic carbocycles. The molecule has 16 heavy (non-hydrogen) atoms. The topological polar surface area (TPSA) is 23.6 Å². The second kappa shape index (κ2) is 7.02. The van der Waals surface area contributed by atoms with Crippen LogP contribution in [0.4, 0.5) is 0 Å². The lowest BCUT2D eigenvalue weighted by molar-refractivity contribution is -0.124. The molecule has 3 nitrogen and oxygen atoms in total. The van der Waals surface area contributed by atoms with E-state index in [1.807, 2.05) is 7.05 Å². The van der Waals surface area contributed by atoms with Gasteiger partial charge in [-0.05, 0) is 34.0 Å². The van der Waals surface area contributed by atoms with Crippen LogP contribution < -0.4 is 0 Å². The molecular weight excluding hydrogens is 200 g/mol. The lowest BCUT2D eigenvalue weighted by atomic mass is 9.86. The van der Waals surface area contributed by atoms with Crippen LogP contribution in [-0.4, -0.2) is 56.4 Å². The van der Waals surface area contributed by atoms with Gasteiger partial charge in [0, 0.05) is 19.0 Å². The highest BCUT2D eigenvalue weighted by molar-refractivity contribution is 5.82. The number of Topliss-reactive ketones (excluding diaryl/α,β-unsaturated/α-hetero) is 1. The smallest absolute Gasteiger partial charge is 0.149 e. The van der Waals surface area contributed by atoms with E-state index < -0.39 is 0 Å². The minimum atomic E-state index is 0.357. The van der Waals surface area contributed by atoms with Gasteiger partial charge in [0.15, 0.2) is 0 Å². The standard InChI is InChI=1S/C13H26N2O/c1-14(2)9-10-15(3)11-13(16)12-7-5-4-6-8-12/h12H,4-11H2,1-3H3. The third kappa shape index (κ3) is 5.08.